The van der Waals surface area contributed by atoms with Gasteiger partial charge in [-0.2, -0.15) is 0 Å². The quantitative estimate of drug-likeness (QED) is 0.143. The standard InChI is InChI=1S/C30H60N2/c1-5-7-9-10-11-12-13-14-15-16-17-18-19-20-21-22-23-25-30-31(26-24-8-6-2)27-28-32(30)29(3)4/h27-30H,5-26H2,1-4H3. The molecule has 32 heavy (non-hydrogen) atoms. The Hall–Kier alpha value is -0.660. The Labute approximate surface area is 203 Å². The minimum absolute atomic E-state index is 0.609. The van der Waals surface area contributed by atoms with Crippen molar-refractivity contribution in [3.63, 3.8) is 0 Å². The number of nitrogens with zero attached hydrogens (tertiary/aromatic N) is 2. The molecule has 2 heteroatoms. The number of unbranched alkanes of at least 4 members (excludes halogenated alkanes) is 18. The zero-order chi connectivity index (χ0) is 23.3. The molecule has 0 spiro atoms. The number of rotatable bonds is 23. The summed E-state index contributed by atoms with van der Waals surface area (Å²) in [6.45, 7) is 10.5. The highest BCUT2D eigenvalue weighted by Gasteiger charge is 2.26. The van der Waals surface area contributed by atoms with Gasteiger partial charge in [0.1, 0.15) is 6.17 Å². The van der Waals surface area contributed by atoms with Crippen LogP contribution in [0.25, 0.3) is 0 Å². The molecule has 0 aromatic rings. The topological polar surface area (TPSA) is 6.48 Å². The van der Waals surface area contributed by atoms with E-state index in [1.54, 1.807) is 0 Å². The van der Waals surface area contributed by atoms with E-state index in [-0.39, 0.29) is 0 Å². The zero-order valence-corrected chi connectivity index (χ0v) is 22.8. The first kappa shape index (κ1) is 29.4. The maximum absolute atomic E-state index is 2.61. The summed E-state index contributed by atoms with van der Waals surface area (Å²) in [5.74, 6) is 0. The van der Waals surface area contributed by atoms with Gasteiger partial charge in [-0.25, -0.2) is 0 Å². The van der Waals surface area contributed by atoms with Crippen LogP contribution in [0.15, 0.2) is 12.4 Å². The van der Waals surface area contributed by atoms with Crippen LogP contribution in [0.3, 0.4) is 0 Å². The van der Waals surface area contributed by atoms with Crippen LogP contribution >= 0.6 is 0 Å². The van der Waals surface area contributed by atoms with Crippen molar-refractivity contribution in [1.82, 2.24) is 9.80 Å². The summed E-state index contributed by atoms with van der Waals surface area (Å²) in [6, 6.07) is 0.609. The Bertz CT molecular complexity index is 417. The van der Waals surface area contributed by atoms with Crippen molar-refractivity contribution >= 4 is 0 Å². The predicted molar refractivity (Wildman–Crippen MR) is 145 cm³/mol. The van der Waals surface area contributed by atoms with Gasteiger partial charge in [0.05, 0.1) is 0 Å². The van der Waals surface area contributed by atoms with Crippen molar-refractivity contribution in [2.45, 2.75) is 175 Å². The van der Waals surface area contributed by atoms with Gasteiger partial charge in [0.2, 0.25) is 0 Å². The molecule has 0 aliphatic carbocycles. The van der Waals surface area contributed by atoms with Crippen LogP contribution in [0.2, 0.25) is 0 Å². The summed E-state index contributed by atoms with van der Waals surface area (Å²) >= 11 is 0. The molecule has 0 bridgehead atoms. The fourth-order valence-electron chi connectivity index (χ4n) is 5.18. The Kier molecular flexibility index (Phi) is 19.2. The molecule has 190 valence electrons. The molecule has 1 unspecified atom stereocenters. The van der Waals surface area contributed by atoms with Crippen LogP contribution in [0.5, 0.6) is 0 Å². The van der Waals surface area contributed by atoms with E-state index in [0.717, 1.165) is 0 Å². The molecule has 1 rings (SSSR count). The molecule has 1 atom stereocenters. The van der Waals surface area contributed by atoms with Crippen molar-refractivity contribution in [3.8, 4) is 0 Å². The summed E-state index contributed by atoms with van der Waals surface area (Å²) in [5, 5.41) is 0. The molecule has 1 aliphatic rings. The van der Waals surface area contributed by atoms with Gasteiger partial charge in [-0.15, -0.1) is 0 Å². The predicted octanol–water partition coefficient (Wildman–Crippen LogP) is 10.0. The lowest BCUT2D eigenvalue weighted by atomic mass is 10.0. The maximum atomic E-state index is 2.61. The Morgan fingerprint density at radius 2 is 0.938 bits per heavy atom. The molecule has 0 N–H and O–H groups in total. The van der Waals surface area contributed by atoms with E-state index in [0.29, 0.717) is 12.2 Å². The van der Waals surface area contributed by atoms with Gasteiger partial charge < -0.3 is 9.80 Å². The summed E-state index contributed by atoms with van der Waals surface area (Å²) in [7, 11) is 0. The van der Waals surface area contributed by atoms with Gasteiger partial charge in [-0.3, -0.25) is 0 Å². The lowest BCUT2D eigenvalue weighted by Gasteiger charge is -2.35. The molecule has 2 nitrogen and oxygen atoms in total. The summed E-state index contributed by atoms with van der Waals surface area (Å²) < 4.78 is 0. The second-order valence-electron chi connectivity index (χ2n) is 10.7. The molecular weight excluding hydrogens is 388 g/mol. The van der Waals surface area contributed by atoms with Gasteiger partial charge in [0.15, 0.2) is 0 Å². The fourth-order valence-corrected chi connectivity index (χ4v) is 5.18. The minimum Gasteiger partial charge on any atom is -0.356 e. The second kappa shape index (κ2) is 20.9. The van der Waals surface area contributed by atoms with E-state index in [4.69, 9.17) is 0 Å². The first-order valence-corrected chi connectivity index (χ1v) is 14.9. The van der Waals surface area contributed by atoms with Crippen LogP contribution in [0.4, 0.5) is 0 Å². The molecule has 1 aliphatic heterocycles. The maximum Gasteiger partial charge on any atom is 0.101 e. The van der Waals surface area contributed by atoms with Crippen molar-refractivity contribution in [2.24, 2.45) is 0 Å². The molecule has 0 aromatic carbocycles. The van der Waals surface area contributed by atoms with E-state index in [1.165, 1.54) is 141 Å². The monoisotopic (exact) mass is 448 g/mol. The van der Waals surface area contributed by atoms with Gasteiger partial charge in [-0.1, -0.05) is 129 Å². The average Bonchev–Trinajstić information content (AvgIpc) is 3.19. The molecule has 0 aromatic heterocycles. The minimum atomic E-state index is 0.609. The molecule has 1 heterocycles. The van der Waals surface area contributed by atoms with Crippen LogP contribution in [-0.2, 0) is 0 Å². The Morgan fingerprint density at radius 1 is 0.531 bits per heavy atom. The third-order valence-electron chi connectivity index (χ3n) is 7.34. The van der Waals surface area contributed by atoms with Crippen molar-refractivity contribution in [2.75, 3.05) is 6.54 Å². The smallest absolute Gasteiger partial charge is 0.101 e. The van der Waals surface area contributed by atoms with Gasteiger partial charge in [0, 0.05) is 25.0 Å². The number of hydrogen-bond acceptors (Lipinski definition) is 2. The third kappa shape index (κ3) is 14.5. The molecular formula is C30H60N2. The Balaban J connectivity index is 1.93. The van der Waals surface area contributed by atoms with E-state index in [1.807, 2.05) is 0 Å². The van der Waals surface area contributed by atoms with Gasteiger partial charge in [-0.05, 0) is 33.1 Å². The third-order valence-corrected chi connectivity index (χ3v) is 7.34. The van der Waals surface area contributed by atoms with E-state index >= 15 is 0 Å². The van der Waals surface area contributed by atoms with Crippen molar-refractivity contribution in [1.29, 1.82) is 0 Å². The highest BCUT2D eigenvalue weighted by atomic mass is 15.4. The van der Waals surface area contributed by atoms with Crippen LogP contribution in [0.1, 0.15) is 163 Å². The molecule has 0 saturated heterocycles. The number of hydrogen-bond donors (Lipinski definition) is 0. The highest BCUT2D eigenvalue weighted by Crippen LogP contribution is 2.24. The zero-order valence-electron chi connectivity index (χ0n) is 22.8. The summed E-state index contributed by atoms with van der Waals surface area (Å²) in [5.41, 5.74) is 0. The lowest BCUT2D eigenvalue weighted by Crippen LogP contribution is -2.42. The summed E-state index contributed by atoms with van der Waals surface area (Å²) in [4.78, 5) is 5.19. The lowest BCUT2D eigenvalue weighted by molar-refractivity contribution is 0.114. The largest absolute Gasteiger partial charge is 0.356 e. The van der Waals surface area contributed by atoms with Crippen molar-refractivity contribution in [3.05, 3.63) is 12.4 Å². The summed E-state index contributed by atoms with van der Waals surface area (Å²) in [6.07, 6.45) is 35.4. The van der Waals surface area contributed by atoms with Crippen molar-refractivity contribution < 1.29 is 0 Å². The Morgan fingerprint density at radius 3 is 1.38 bits per heavy atom. The van der Waals surface area contributed by atoms with E-state index in [2.05, 4.69) is 49.9 Å². The molecule has 0 saturated carbocycles. The van der Waals surface area contributed by atoms with E-state index in [9.17, 15) is 0 Å². The van der Waals surface area contributed by atoms with Crippen LogP contribution in [0, 0.1) is 0 Å². The first-order chi connectivity index (χ1) is 15.7. The first-order valence-electron chi connectivity index (χ1n) is 14.9. The SMILES string of the molecule is CCCCCCCCCCCCCCCCCCCC1N(CCCCC)C=CN1C(C)C. The molecule has 0 fully saturated rings. The average molecular weight is 449 g/mol. The molecule has 0 amide bonds. The van der Waals surface area contributed by atoms with Crippen LogP contribution < -0.4 is 0 Å². The second-order valence-corrected chi connectivity index (χ2v) is 10.7. The van der Waals surface area contributed by atoms with Gasteiger partial charge in [0.25, 0.3) is 0 Å². The fraction of sp³-hybridized carbons (Fsp3) is 0.933. The van der Waals surface area contributed by atoms with Gasteiger partial charge >= 0.3 is 0 Å². The highest BCUT2D eigenvalue weighted by molar-refractivity contribution is 4.98. The normalized spacial score (nSPS) is 16.1. The molecule has 0 radical (unpaired) electrons. The van der Waals surface area contributed by atoms with E-state index < -0.39 is 0 Å². The van der Waals surface area contributed by atoms with Crippen LogP contribution in [-0.4, -0.2) is 28.6 Å².